The van der Waals surface area contributed by atoms with Crippen LogP contribution in [0.3, 0.4) is 0 Å². The van der Waals surface area contributed by atoms with Crippen molar-refractivity contribution in [2.75, 3.05) is 11.1 Å². The number of hydrogen-bond acceptors (Lipinski definition) is 3. The highest BCUT2D eigenvalue weighted by molar-refractivity contribution is 7.99. The third kappa shape index (κ3) is 3.17. The first kappa shape index (κ1) is 12.3. The lowest BCUT2D eigenvalue weighted by Crippen LogP contribution is -2.14. The Bertz CT molecular complexity index is 563. The van der Waals surface area contributed by atoms with Crippen molar-refractivity contribution in [3.63, 3.8) is 0 Å². The van der Waals surface area contributed by atoms with Crippen molar-refractivity contribution >= 4 is 23.4 Å². The Morgan fingerprint density at radius 2 is 2.16 bits per heavy atom. The van der Waals surface area contributed by atoms with Crippen molar-refractivity contribution in [3.05, 3.63) is 42.7 Å². The van der Waals surface area contributed by atoms with Crippen LogP contribution in [0, 0.1) is 0 Å². The lowest BCUT2D eigenvalue weighted by molar-refractivity contribution is -0.113. The molecule has 19 heavy (non-hydrogen) atoms. The normalized spacial score (nSPS) is 14.3. The van der Waals surface area contributed by atoms with Gasteiger partial charge in [-0.05, 0) is 25.0 Å². The fourth-order valence-corrected chi connectivity index (χ4v) is 2.72. The monoisotopic (exact) mass is 273 g/mol. The Kier molecular flexibility index (Phi) is 3.55. The summed E-state index contributed by atoms with van der Waals surface area (Å²) in [4.78, 5) is 16.1. The molecule has 0 saturated heterocycles. The second-order valence-corrected chi connectivity index (χ2v) is 5.49. The number of anilines is 1. The van der Waals surface area contributed by atoms with Crippen LogP contribution in [0.25, 0.3) is 0 Å². The van der Waals surface area contributed by atoms with E-state index in [1.54, 1.807) is 6.20 Å². The SMILES string of the molecule is O=C(CSc1nccn1C1CC1)Nc1ccccc1. The van der Waals surface area contributed by atoms with Gasteiger partial charge in [-0.2, -0.15) is 0 Å². The molecule has 0 aliphatic heterocycles. The smallest absolute Gasteiger partial charge is 0.234 e. The van der Waals surface area contributed by atoms with Gasteiger partial charge in [-0.15, -0.1) is 0 Å². The standard InChI is InChI=1S/C14H15N3OS/c18-13(16-11-4-2-1-3-5-11)10-19-14-15-8-9-17(14)12-6-7-12/h1-5,8-9,12H,6-7,10H2,(H,16,18). The summed E-state index contributed by atoms with van der Waals surface area (Å²) in [5.74, 6) is 0.389. The number of aromatic nitrogens is 2. The van der Waals surface area contributed by atoms with Gasteiger partial charge in [0.15, 0.2) is 5.16 Å². The maximum Gasteiger partial charge on any atom is 0.234 e. The Hall–Kier alpha value is -1.75. The average Bonchev–Trinajstić information content (AvgIpc) is 3.16. The summed E-state index contributed by atoms with van der Waals surface area (Å²) >= 11 is 1.49. The van der Waals surface area contributed by atoms with Crippen LogP contribution in [0.15, 0.2) is 47.9 Å². The fourth-order valence-electron chi connectivity index (χ4n) is 1.89. The Morgan fingerprint density at radius 1 is 1.37 bits per heavy atom. The molecule has 0 spiro atoms. The molecule has 98 valence electrons. The quantitative estimate of drug-likeness (QED) is 0.852. The predicted molar refractivity (Wildman–Crippen MR) is 76.3 cm³/mol. The number of nitrogens with zero attached hydrogens (tertiary/aromatic N) is 2. The zero-order valence-electron chi connectivity index (χ0n) is 10.5. The largest absolute Gasteiger partial charge is 0.325 e. The number of imidazole rings is 1. The van der Waals surface area contributed by atoms with Crippen molar-refractivity contribution in [1.82, 2.24) is 9.55 Å². The number of thioether (sulfide) groups is 1. The van der Waals surface area contributed by atoms with Gasteiger partial charge >= 0.3 is 0 Å². The first-order valence-corrected chi connectivity index (χ1v) is 7.32. The zero-order valence-corrected chi connectivity index (χ0v) is 11.3. The second kappa shape index (κ2) is 5.48. The van der Waals surface area contributed by atoms with Gasteiger partial charge in [0.1, 0.15) is 0 Å². The van der Waals surface area contributed by atoms with Gasteiger partial charge in [0.05, 0.1) is 5.75 Å². The number of nitrogens with one attached hydrogen (secondary N) is 1. The molecule has 0 unspecified atom stereocenters. The minimum absolute atomic E-state index is 0.00143. The number of carbonyl (C=O) groups excluding carboxylic acids is 1. The summed E-state index contributed by atoms with van der Waals surface area (Å²) in [6.07, 6.45) is 6.24. The summed E-state index contributed by atoms with van der Waals surface area (Å²) in [6, 6.07) is 10.1. The molecule has 3 rings (SSSR count). The van der Waals surface area contributed by atoms with Crippen LogP contribution in [-0.2, 0) is 4.79 Å². The molecular formula is C14H15N3OS. The first-order chi connectivity index (χ1) is 9.33. The van der Waals surface area contributed by atoms with E-state index in [-0.39, 0.29) is 5.91 Å². The summed E-state index contributed by atoms with van der Waals surface area (Å²) in [5, 5.41) is 3.81. The van der Waals surface area contributed by atoms with Crippen molar-refractivity contribution < 1.29 is 4.79 Å². The number of rotatable bonds is 5. The van der Waals surface area contributed by atoms with Gasteiger partial charge in [0.2, 0.25) is 5.91 Å². The minimum Gasteiger partial charge on any atom is -0.325 e. The van der Waals surface area contributed by atoms with E-state index in [0.29, 0.717) is 11.8 Å². The molecule has 0 radical (unpaired) electrons. The minimum atomic E-state index is 0.00143. The summed E-state index contributed by atoms with van der Waals surface area (Å²) in [7, 11) is 0. The van der Waals surface area contributed by atoms with E-state index >= 15 is 0 Å². The van der Waals surface area contributed by atoms with Crippen molar-refractivity contribution in [2.24, 2.45) is 0 Å². The average molecular weight is 273 g/mol. The van der Waals surface area contributed by atoms with E-state index in [1.165, 1.54) is 24.6 Å². The molecular weight excluding hydrogens is 258 g/mol. The lowest BCUT2D eigenvalue weighted by atomic mass is 10.3. The molecule has 0 atom stereocenters. The topological polar surface area (TPSA) is 46.9 Å². The highest BCUT2D eigenvalue weighted by atomic mass is 32.2. The van der Waals surface area contributed by atoms with Crippen LogP contribution in [0.4, 0.5) is 5.69 Å². The highest BCUT2D eigenvalue weighted by Gasteiger charge is 2.25. The van der Waals surface area contributed by atoms with Crippen LogP contribution >= 0.6 is 11.8 Å². The van der Waals surface area contributed by atoms with Crippen molar-refractivity contribution in [1.29, 1.82) is 0 Å². The lowest BCUT2D eigenvalue weighted by Gasteiger charge is -2.06. The second-order valence-electron chi connectivity index (χ2n) is 4.55. The maximum absolute atomic E-state index is 11.8. The van der Waals surface area contributed by atoms with E-state index in [0.717, 1.165) is 10.8 Å². The molecule has 1 aliphatic carbocycles. The van der Waals surface area contributed by atoms with E-state index in [2.05, 4.69) is 14.9 Å². The molecule has 5 heteroatoms. The number of benzene rings is 1. The van der Waals surface area contributed by atoms with Gasteiger partial charge < -0.3 is 9.88 Å². The van der Waals surface area contributed by atoms with Gasteiger partial charge in [-0.3, -0.25) is 4.79 Å². The molecule has 1 aromatic carbocycles. The molecule has 1 N–H and O–H groups in total. The van der Waals surface area contributed by atoms with Crippen LogP contribution in [-0.4, -0.2) is 21.2 Å². The first-order valence-electron chi connectivity index (χ1n) is 6.33. The molecule has 4 nitrogen and oxygen atoms in total. The van der Waals surface area contributed by atoms with Crippen LogP contribution in [0.2, 0.25) is 0 Å². The third-order valence-corrected chi connectivity index (χ3v) is 3.94. The maximum atomic E-state index is 11.8. The van der Waals surface area contributed by atoms with E-state index in [4.69, 9.17) is 0 Å². The molecule has 1 heterocycles. The number of hydrogen-bond donors (Lipinski definition) is 1. The molecule has 1 aromatic heterocycles. The Morgan fingerprint density at radius 3 is 2.89 bits per heavy atom. The number of para-hydroxylation sites is 1. The zero-order chi connectivity index (χ0) is 13.1. The third-order valence-electron chi connectivity index (χ3n) is 2.96. The van der Waals surface area contributed by atoms with E-state index in [9.17, 15) is 4.79 Å². The Balaban J connectivity index is 1.54. The van der Waals surface area contributed by atoms with Gasteiger partial charge in [0, 0.05) is 24.1 Å². The molecule has 0 bridgehead atoms. The fraction of sp³-hybridized carbons (Fsp3) is 0.286. The van der Waals surface area contributed by atoms with Crippen LogP contribution in [0.5, 0.6) is 0 Å². The van der Waals surface area contributed by atoms with Crippen LogP contribution < -0.4 is 5.32 Å². The van der Waals surface area contributed by atoms with Crippen LogP contribution in [0.1, 0.15) is 18.9 Å². The summed E-state index contributed by atoms with van der Waals surface area (Å²) < 4.78 is 2.17. The molecule has 2 aromatic rings. The van der Waals surface area contributed by atoms with Crippen molar-refractivity contribution in [3.8, 4) is 0 Å². The molecule has 1 amide bonds. The number of amides is 1. The Labute approximate surface area is 116 Å². The molecule has 1 aliphatic rings. The number of carbonyl (C=O) groups is 1. The summed E-state index contributed by atoms with van der Waals surface area (Å²) in [5.41, 5.74) is 0.832. The molecule has 1 fully saturated rings. The van der Waals surface area contributed by atoms with Gasteiger partial charge in [0.25, 0.3) is 0 Å². The summed E-state index contributed by atoms with van der Waals surface area (Å²) in [6.45, 7) is 0. The highest BCUT2D eigenvalue weighted by Crippen LogP contribution is 2.37. The molecule has 1 saturated carbocycles. The van der Waals surface area contributed by atoms with Gasteiger partial charge in [-0.25, -0.2) is 4.98 Å². The van der Waals surface area contributed by atoms with E-state index < -0.39 is 0 Å². The van der Waals surface area contributed by atoms with Gasteiger partial charge in [-0.1, -0.05) is 30.0 Å². The van der Waals surface area contributed by atoms with E-state index in [1.807, 2.05) is 36.5 Å². The van der Waals surface area contributed by atoms with Crippen molar-refractivity contribution in [2.45, 2.75) is 24.0 Å². The predicted octanol–water partition coefficient (Wildman–Crippen LogP) is 2.95.